The maximum absolute atomic E-state index is 5.16. The van der Waals surface area contributed by atoms with Crippen LogP contribution >= 0.6 is 0 Å². The Kier molecular flexibility index (Phi) is 4.58. The summed E-state index contributed by atoms with van der Waals surface area (Å²) >= 11 is 0. The molecule has 0 unspecified atom stereocenters. The van der Waals surface area contributed by atoms with E-state index in [-0.39, 0.29) is 0 Å². The lowest BCUT2D eigenvalue weighted by Gasteiger charge is -1.99. The topological polar surface area (TPSA) is 87.2 Å². The predicted molar refractivity (Wildman–Crippen MR) is 165 cm³/mol. The van der Waals surface area contributed by atoms with Crippen LogP contribution in [0.25, 0.3) is 89.7 Å². The molecule has 0 saturated carbocycles. The molecule has 3 aromatic heterocycles. The summed E-state index contributed by atoms with van der Waals surface area (Å²) in [6, 6.07) is 32.7. The van der Waals surface area contributed by atoms with Gasteiger partial charge in [0.15, 0.2) is 23.3 Å². The molecule has 0 aliphatic carbocycles. The van der Waals surface area contributed by atoms with E-state index >= 15 is 0 Å². The van der Waals surface area contributed by atoms with E-state index in [1.807, 2.05) is 71.8 Å². The zero-order chi connectivity index (χ0) is 27.9. The lowest BCUT2D eigenvalue weighted by atomic mass is 10.1. The molecule has 9 rings (SSSR count). The monoisotopic (exact) mass is 542 g/mol. The Morgan fingerprint density at radius 3 is 0.833 bits per heavy atom. The Hall–Kier alpha value is -5.76. The molecule has 8 heteroatoms. The highest BCUT2D eigenvalue weighted by Crippen LogP contribution is 2.37. The second-order valence-electron chi connectivity index (χ2n) is 10.6. The van der Waals surface area contributed by atoms with Gasteiger partial charge in [-0.1, -0.05) is 97.1 Å². The van der Waals surface area contributed by atoms with Gasteiger partial charge in [0.05, 0.1) is 0 Å². The standard InChI is InChI=1S/C34H22N8/c1-41-31-23-15-7-8-16-24(23)32(41)38-28-20-12-4-6-14-22(20)30(36-28)40-34-26-18-10-9-17-25(26)33(42(34)2)39-29-21-13-5-3-11-19(21)27(35-29)37-31/h3-18H,1-2H3. The first kappa shape index (κ1) is 23.0. The average Bonchev–Trinajstić information content (AvgIpc) is 3.71. The van der Waals surface area contributed by atoms with E-state index < -0.39 is 0 Å². The SMILES string of the molecule is Cn1c2nc3nc(nc4c5ccccc5c(nc5nc(nc1c1ccccc12)-c1ccccc1-5)n4C)-c1ccccc1-3. The van der Waals surface area contributed by atoms with E-state index in [1.165, 1.54) is 0 Å². The number of aryl methyl sites for hydroxylation is 2. The van der Waals surface area contributed by atoms with E-state index in [2.05, 4.69) is 48.5 Å². The third-order valence-electron chi connectivity index (χ3n) is 8.18. The van der Waals surface area contributed by atoms with Gasteiger partial charge in [-0.2, -0.15) is 0 Å². The van der Waals surface area contributed by atoms with Crippen molar-refractivity contribution in [3.05, 3.63) is 97.1 Å². The maximum atomic E-state index is 5.16. The second-order valence-corrected chi connectivity index (χ2v) is 10.6. The molecule has 0 spiro atoms. The lowest BCUT2D eigenvalue weighted by Crippen LogP contribution is -1.93. The number of fused-ring (bicyclic) bond motifs is 20. The Bertz CT molecular complexity index is 2120. The Labute approximate surface area is 239 Å². The van der Waals surface area contributed by atoms with Crippen molar-refractivity contribution >= 4 is 44.1 Å². The normalized spacial score (nSPS) is 12.0. The van der Waals surface area contributed by atoms with Gasteiger partial charge in [-0.15, -0.1) is 0 Å². The summed E-state index contributed by atoms with van der Waals surface area (Å²) in [5.41, 5.74) is 6.89. The van der Waals surface area contributed by atoms with Crippen molar-refractivity contribution in [1.29, 1.82) is 0 Å². The van der Waals surface area contributed by atoms with Crippen LogP contribution in [0.1, 0.15) is 0 Å². The van der Waals surface area contributed by atoms with Crippen LogP contribution in [0.3, 0.4) is 0 Å². The summed E-state index contributed by atoms with van der Waals surface area (Å²) in [6.07, 6.45) is 0. The number of aromatic nitrogens is 8. The maximum Gasteiger partial charge on any atom is 0.164 e. The van der Waals surface area contributed by atoms with Crippen molar-refractivity contribution in [1.82, 2.24) is 39.0 Å². The highest BCUT2D eigenvalue weighted by Gasteiger charge is 2.23. The van der Waals surface area contributed by atoms with Crippen LogP contribution in [0, 0.1) is 0 Å². The summed E-state index contributed by atoms with van der Waals surface area (Å²) in [7, 11) is 3.98. The molecule has 0 atom stereocenters. The number of rotatable bonds is 0. The summed E-state index contributed by atoms with van der Waals surface area (Å²) in [6.45, 7) is 0. The van der Waals surface area contributed by atoms with Gasteiger partial charge in [-0.25, -0.2) is 29.9 Å². The molecule has 0 amide bonds. The molecule has 8 bridgehead atoms. The van der Waals surface area contributed by atoms with E-state index in [9.17, 15) is 0 Å². The number of hydrogen-bond acceptors (Lipinski definition) is 6. The molecule has 0 saturated heterocycles. The highest BCUT2D eigenvalue weighted by molar-refractivity contribution is 6.07. The van der Waals surface area contributed by atoms with Gasteiger partial charge in [0.25, 0.3) is 0 Å². The van der Waals surface area contributed by atoms with E-state index in [4.69, 9.17) is 29.9 Å². The zero-order valence-electron chi connectivity index (χ0n) is 22.8. The van der Waals surface area contributed by atoms with Crippen LogP contribution in [0.4, 0.5) is 0 Å². The molecular formula is C34H22N8. The molecule has 0 N–H and O–H groups in total. The van der Waals surface area contributed by atoms with Crippen molar-refractivity contribution in [2.75, 3.05) is 0 Å². The zero-order valence-corrected chi connectivity index (χ0v) is 22.8. The van der Waals surface area contributed by atoms with Crippen LogP contribution < -0.4 is 0 Å². The molecule has 198 valence electrons. The van der Waals surface area contributed by atoms with Crippen LogP contribution in [0.5, 0.6) is 0 Å². The van der Waals surface area contributed by atoms with E-state index in [0.717, 1.165) is 66.4 Å². The van der Waals surface area contributed by atoms with Crippen LogP contribution in [-0.4, -0.2) is 39.0 Å². The Morgan fingerprint density at radius 2 is 0.571 bits per heavy atom. The molecule has 5 heterocycles. The Morgan fingerprint density at radius 1 is 0.333 bits per heavy atom. The minimum absolute atomic E-state index is 0.622. The Balaban J connectivity index is 1.55. The van der Waals surface area contributed by atoms with E-state index in [1.54, 1.807) is 0 Å². The van der Waals surface area contributed by atoms with Gasteiger partial charge in [0, 0.05) is 57.9 Å². The van der Waals surface area contributed by atoms with E-state index in [0.29, 0.717) is 23.3 Å². The molecular weight excluding hydrogens is 520 g/mol. The first-order valence-electron chi connectivity index (χ1n) is 13.8. The highest BCUT2D eigenvalue weighted by atomic mass is 15.1. The van der Waals surface area contributed by atoms with Gasteiger partial charge >= 0.3 is 0 Å². The summed E-state index contributed by atoms with van der Waals surface area (Å²) in [5, 5.41) is 3.97. The fourth-order valence-electron chi connectivity index (χ4n) is 6.14. The summed E-state index contributed by atoms with van der Waals surface area (Å²) < 4.78 is 4.04. The van der Waals surface area contributed by atoms with Gasteiger partial charge < -0.3 is 9.13 Å². The number of hydrogen-bond donors (Lipinski definition) is 0. The molecule has 4 aromatic carbocycles. The fraction of sp³-hybridized carbons (Fsp3) is 0.0588. The van der Waals surface area contributed by atoms with Crippen molar-refractivity contribution < 1.29 is 0 Å². The van der Waals surface area contributed by atoms with Crippen molar-refractivity contribution in [3.63, 3.8) is 0 Å². The molecule has 2 aliphatic rings. The molecule has 2 aliphatic heterocycles. The second kappa shape index (κ2) is 8.37. The van der Waals surface area contributed by atoms with Gasteiger partial charge in [0.2, 0.25) is 0 Å². The first-order valence-corrected chi connectivity index (χ1v) is 13.8. The summed E-state index contributed by atoms with van der Waals surface area (Å²) in [5.74, 6) is 2.49. The average molecular weight is 543 g/mol. The largest absolute Gasteiger partial charge is 0.313 e. The third-order valence-corrected chi connectivity index (χ3v) is 8.18. The molecule has 42 heavy (non-hydrogen) atoms. The first-order chi connectivity index (χ1) is 20.7. The van der Waals surface area contributed by atoms with Crippen molar-refractivity contribution in [2.24, 2.45) is 14.1 Å². The quantitative estimate of drug-likeness (QED) is 0.207. The van der Waals surface area contributed by atoms with Gasteiger partial charge in [-0.05, 0) is 0 Å². The minimum Gasteiger partial charge on any atom is -0.313 e. The predicted octanol–water partition coefficient (Wildman–Crippen LogP) is 6.89. The fourth-order valence-corrected chi connectivity index (χ4v) is 6.14. The van der Waals surface area contributed by atoms with Crippen molar-refractivity contribution in [2.45, 2.75) is 0 Å². The molecule has 0 radical (unpaired) electrons. The lowest BCUT2D eigenvalue weighted by molar-refractivity contribution is 0.960. The molecule has 7 aromatic rings. The molecule has 0 fully saturated rings. The number of benzene rings is 4. The smallest absolute Gasteiger partial charge is 0.164 e. The van der Waals surface area contributed by atoms with Crippen LogP contribution in [0.15, 0.2) is 97.1 Å². The van der Waals surface area contributed by atoms with Crippen LogP contribution in [-0.2, 0) is 14.1 Å². The van der Waals surface area contributed by atoms with Crippen LogP contribution in [0.2, 0.25) is 0 Å². The third kappa shape index (κ3) is 3.11. The number of nitrogens with zero attached hydrogens (tertiary/aromatic N) is 8. The minimum atomic E-state index is 0.622. The van der Waals surface area contributed by atoms with Crippen molar-refractivity contribution in [3.8, 4) is 45.6 Å². The van der Waals surface area contributed by atoms with Gasteiger partial charge in [0.1, 0.15) is 22.6 Å². The van der Waals surface area contributed by atoms with Gasteiger partial charge in [-0.3, -0.25) is 0 Å². The molecule has 8 nitrogen and oxygen atoms in total. The summed E-state index contributed by atoms with van der Waals surface area (Å²) in [4.78, 5) is 30.6.